The van der Waals surface area contributed by atoms with E-state index in [0.29, 0.717) is 32.0 Å². The van der Waals surface area contributed by atoms with E-state index in [0.717, 1.165) is 6.42 Å². The van der Waals surface area contributed by atoms with Gasteiger partial charge >= 0.3 is 0 Å². The number of carbonyl (C=O) groups is 1. The lowest BCUT2D eigenvalue weighted by Crippen LogP contribution is -2.31. The molecule has 0 heterocycles. The fourth-order valence-corrected chi connectivity index (χ4v) is 0.940. The molecule has 4 nitrogen and oxygen atoms in total. The van der Waals surface area contributed by atoms with Crippen molar-refractivity contribution in [2.75, 3.05) is 19.6 Å². The summed E-state index contributed by atoms with van der Waals surface area (Å²) in [5, 5.41) is 2.71. The second-order valence-corrected chi connectivity index (χ2v) is 2.85. The third-order valence-electron chi connectivity index (χ3n) is 1.85. The standard InChI is InChI=1S/C8H19N3O/c1-2-7(6-10)5-8(12)11-4-3-9/h7H,2-6,9-10H2,1H3,(H,11,12). The normalized spacial score (nSPS) is 12.6. The second kappa shape index (κ2) is 7.06. The van der Waals surface area contributed by atoms with Crippen molar-refractivity contribution in [2.24, 2.45) is 17.4 Å². The molecule has 0 radical (unpaired) electrons. The van der Waals surface area contributed by atoms with Gasteiger partial charge < -0.3 is 16.8 Å². The van der Waals surface area contributed by atoms with Crippen molar-refractivity contribution in [1.82, 2.24) is 5.32 Å². The average molecular weight is 173 g/mol. The molecule has 1 unspecified atom stereocenters. The maximum Gasteiger partial charge on any atom is 0.220 e. The summed E-state index contributed by atoms with van der Waals surface area (Å²) >= 11 is 0. The Labute approximate surface area is 73.7 Å². The fraction of sp³-hybridized carbons (Fsp3) is 0.875. The van der Waals surface area contributed by atoms with Crippen LogP contribution in [0.3, 0.4) is 0 Å². The third kappa shape index (κ3) is 5.09. The molecular formula is C8H19N3O. The monoisotopic (exact) mass is 173 g/mol. The van der Waals surface area contributed by atoms with Crippen LogP contribution < -0.4 is 16.8 Å². The van der Waals surface area contributed by atoms with E-state index in [1.807, 2.05) is 6.92 Å². The van der Waals surface area contributed by atoms with Gasteiger partial charge in [-0.15, -0.1) is 0 Å². The third-order valence-corrected chi connectivity index (χ3v) is 1.85. The molecule has 0 aromatic rings. The number of carbonyl (C=O) groups excluding carboxylic acids is 1. The highest BCUT2D eigenvalue weighted by molar-refractivity contribution is 5.76. The number of nitrogens with one attached hydrogen (secondary N) is 1. The van der Waals surface area contributed by atoms with Crippen LogP contribution in [0.2, 0.25) is 0 Å². The van der Waals surface area contributed by atoms with Crippen molar-refractivity contribution < 1.29 is 4.79 Å². The molecule has 0 aliphatic heterocycles. The van der Waals surface area contributed by atoms with Gasteiger partial charge in [0, 0.05) is 19.5 Å². The molecule has 0 aromatic heterocycles. The minimum absolute atomic E-state index is 0.0535. The zero-order valence-corrected chi connectivity index (χ0v) is 7.68. The van der Waals surface area contributed by atoms with Gasteiger partial charge in [0.05, 0.1) is 0 Å². The Balaban J connectivity index is 3.52. The van der Waals surface area contributed by atoms with E-state index in [4.69, 9.17) is 11.5 Å². The minimum Gasteiger partial charge on any atom is -0.355 e. The molecule has 4 heteroatoms. The van der Waals surface area contributed by atoms with E-state index in [2.05, 4.69) is 5.32 Å². The molecule has 12 heavy (non-hydrogen) atoms. The van der Waals surface area contributed by atoms with E-state index >= 15 is 0 Å². The number of hydrogen-bond acceptors (Lipinski definition) is 3. The van der Waals surface area contributed by atoms with Crippen LogP contribution in [0.15, 0.2) is 0 Å². The van der Waals surface area contributed by atoms with Gasteiger partial charge in [-0.1, -0.05) is 13.3 Å². The molecule has 72 valence electrons. The Kier molecular flexibility index (Phi) is 6.70. The SMILES string of the molecule is CCC(CN)CC(=O)NCCN. The second-order valence-electron chi connectivity index (χ2n) is 2.85. The molecule has 0 aliphatic rings. The number of amides is 1. The summed E-state index contributed by atoms with van der Waals surface area (Å²) < 4.78 is 0. The van der Waals surface area contributed by atoms with E-state index in [-0.39, 0.29) is 5.91 Å². The Morgan fingerprint density at radius 1 is 1.50 bits per heavy atom. The van der Waals surface area contributed by atoms with Crippen molar-refractivity contribution in [2.45, 2.75) is 19.8 Å². The van der Waals surface area contributed by atoms with Gasteiger partial charge in [0.1, 0.15) is 0 Å². The summed E-state index contributed by atoms with van der Waals surface area (Å²) in [6, 6.07) is 0. The van der Waals surface area contributed by atoms with Gasteiger partial charge in [-0.2, -0.15) is 0 Å². The van der Waals surface area contributed by atoms with Crippen LogP contribution in [0.1, 0.15) is 19.8 Å². The van der Waals surface area contributed by atoms with E-state index in [1.165, 1.54) is 0 Å². The lowest BCUT2D eigenvalue weighted by Gasteiger charge is -2.11. The first-order chi connectivity index (χ1) is 5.74. The predicted octanol–water partition coefficient (Wildman–Crippen LogP) is -0.564. The van der Waals surface area contributed by atoms with Gasteiger partial charge in [-0.25, -0.2) is 0 Å². The van der Waals surface area contributed by atoms with Crippen LogP contribution in [0.5, 0.6) is 0 Å². The number of hydrogen-bond donors (Lipinski definition) is 3. The van der Waals surface area contributed by atoms with E-state index in [9.17, 15) is 4.79 Å². The Hall–Kier alpha value is -0.610. The smallest absolute Gasteiger partial charge is 0.220 e. The molecule has 0 saturated carbocycles. The lowest BCUT2D eigenvalue weighted by molar-refractivity contribution is -0.121. The highest BCUT2D eigenvalue weighted by atomic mass is 16.1. The van der Waals surface area contributed by atoms with Crippen molar-refractivity contribution in [3.8, 4) is 0 Å². The highest BCUT2D eigenvalue weighted by Crippen LogP contribution is 2.04. The van der Waals surface area contributed by atoms with Crippen LogP contribution in [0.4, 0.5) is 0 Å². The summed E-state index contributed by atoms with van der Waals surface area (Å²) in [5.41, 5.74) is 10.7. The average Bonchev–Trinajstić information content (AvgIpc) is 2.10. The zero-order chi connectivity index (χ0) is 9.40. The molecule has 0 aliphatic carbocycles. The van der Waals surface area contributed by atoms with Crippen LogP contribution in [0.25, 0.3) is 0 Å². The maximum atomic E-state index is 11.1. The number of nitrogens with two attached hydrogens (primary N) is 2. The van der Waals surface area contributed by atoms with E-state index in [1.54, 1.807) is 0 Å². The van der Waals surface area contributed by atoms with Crippen LogP contribution in [0, 0.1) is 5.92 Å². The van der Waals surface area contributed by atoms with Gasteiger partial charge in [-0.3, -0.25) is 4.79 Å². The summed E-state index contributed by atoms with van der Waals surface area (Å²) in [4.78, 5) is 11.1. The first-order valence-corrected chi connectivity index (χ1v) is 4.41. The highest BCUT2D eigenvalue weighted by Gasteiger charge is 2.08. The molecule has 1 atom stereocenters. The molecule has 0 bridgehead atoms. The predicted molar refractivity (Wildman–Crippen MR) is 49.5 cm³/mol. The maximum absolute atomic E-state index is 11.1. The quantitative estimate of drug-likeness (QED) is 0.503. The summed E-state index contributed by atoms with van der Waals surface area (Å²) in [6.07, 6.45) is 1.47. The number of rotatable bonds is 6. The largest absolute Gasteiger partial charge is 0.355 e. The fourth-order valence-electron chi connectivity index (χ4n) is 0.940. The van der Waals surface area contributed by atoms with Gasteiger partial charge in [-0.05, 0) is 12.5 Å². The van der Waals surface area contributed by atoms with Gasteiger partial charge in [0.15, 0.2) is 0 Å². The van der Waals surface area contributed by atoms with Crippen LogP contribution >= 0.6 is 0 Å². The van der Waals surface area contributed by atoms with Gasteiger partial charge in [0.25, 0.3) is 0 Å². The summed E-state index contributed by atoms with van der Waals surface area (Å²) in [5.74, 6) is 0.362. The molecule has 1 amide bonds. The van der Waals surface area contributed by atoms with Crippen molar-refractivity contribution in [3.05, 3.63) is 0 Å². The lowest BCUT2D eigenvalue weighted by atomic mass is 10.0. The van der Waals surface area contributed by atoms with E-state index < -0.39 is 0 Å². The minimum atomic E-state index is 0.0535. The van der Waals surface area contributed by atoms with Crippen LogP contribution in [-0.2, 0) is 4.79 Å². The molecule has 0 rings (SSSR count). The molecule has 0 spiro atoms. The van der Waals surface area contributed by atoms with Crippen molar-refractivity contribution >= 4 is 5.91 Å². The summed E-state index contributed by atoms with van der Waals surface area (Å²) in [7, 11) is 0. The van der Waals surface area contributed by atoms with Crippen LogP contribution in [-0.4, -0.2) is 25.5 Å². The first-order valence-electron chi connectivity index (χ1n) is 4.41. The first kappa shape index (κ1) is 11.4. The molecule has 0 saturated heterocycles. The topological polar surface area (TPSA) is 81.1 Å². The van der Waals surface area contributed by atoms with Crippen molar-refractivity contribution in [3.63, 3.8) is 0 Å². The zero-order valence-electron chi connectivity index (χ0n) is 7.68. The Morgan fingerprint density at radius 2 is 2.17 bits per heavy atom. The van der Waals surface area contributed by atoms with Crippen molar-refractivity contribution in [1.29, 1.82) is 0 Å². The van der Waals surface area contributed by atoms with Gasteiger partial charge in [0.2, 0.25) is 5.91 Å². The Morgan fingerprint density at radius 3 is 2.58 bits per heavy atom. The molecule has 0 fully saturated rings. The molecular weight excluding hydrogens is 154 g/mol. The molecule has 0 aromatic carbocycles. The summed E-state index contributed by atoms with van der Waals surface area (Å²) in [6.45, 7) is 3.66. The molecule has 5 N–H and O–H groups in total. The Bertz CT molecular complexity index is 123.